The molecule has 1 saturated heterocycles. The van der Waals surface area contributed by atoms with E-state index < -0.39 is 0 Å². The van der Waals surface area contributed by atoms with E-state index in [2.05, 4.69) is 0 Å². The van der Waals surface area contributed by atoms with E-state index in [9.17, 15) is 4.79 Å². The monoisotopic (exact) mass is 318 g/mol. The van der Waals surface area contributed by atoms with E-state index in [0.717, 1.165) is 12.8 Å². The second-order valence-electron chi connectivity index (χ2n) is 4.75. The number of nitrogens with two attached hydrogens (primary N) is 1. The first-order valence-corrected chi connectivity index (χ1v) is 6.83. The number of rotatable bonds is 3. The van der Waals surface area contributed by atoms with Gasteiger partial charge in [0.15, 0.2) is 0 Å². The standard InChI is InChI=1S/C14H19ClN2O2.ClH/c1-19-11-6-7-17(10(8-11)9-16)14(18)12-4-2-3-5-13(12)15;/h2-5,10-11H,6-9,16H2,1H3;1H. The molecular formula is C14H20Cl2N2O2. The number of hydrogen-bond acceptors (Lipinski definition) is 3. The lowest BCUT2D eigenvalue weighted by atomic mass is 9.98. The zero-order valence-corrected chi connectivity index (χ0v) is 13.0. The fraction of sp³-hybridized carbons (Fsp3) is 0.500. The van der Waals surface area contributed by atoms with Crippen molar-refractivity contribution >= 4 is 29.9 Å². The number of amides is 1. The van der Waals surface area contributed by atoms with Crippen LogP contribution in [0.25, 0.3) is 0 Å². The first kappa shape index (κ1) is 17.2. The van der Waals surface area contributed by atoms with Crippen LogP contribution < -0.4 is 5.73 Å². The van der Waals surface area contributed by atoms with Crippen molar-refractivity contribution in [3.05, 3.63) is 34.9 Å². The minimum absolute atomic E-state index is 0. The largest absolute Gasteiger partial charge is 0.381 e. The van der Waals surface area contributed by atoms with Crippen LogP contribution in [-0.2, 0) is 4.74 Å². The maximum absolute atomic E-state index is 12.5. The highest BCUT2D eigenvalue weighted by Gasteiger charge is 2.31. The Morgan fingerprint density at radius 1 is 1.50 bits per heavy atom. The van der Waals surface area contributed by atoms with Crippen molar-refractivity contribution in [1.82, 2.24) is 4.90 Å². The molecular weight excluding hydrogens is 299 g/mol. The van der Waals surface area contributed by atoms with Gasteiger partial charge in [-0.1, -0.05) is 23.7 Å². The molecule has 0 aromatic heterocycles. The summed E-state index contributed by atoms with van der Waals surface area (Å²) in [5.41, 5.74) is 6.32. The average molecular weight is 319 g/mol. The zero-order chi connectivity index (χ0) is 13.8. The minimum atomic E-state index is -0.0457. The van der Waals surface area contributed by atoms with Crippen LogP contribution in [0.5, 0.6) is 0 Å². The van der Waals surface area contributed by atoms with Gasteiger partial charge in [0.25, 0.3) is 5.91 Å². The van der Waals surface area contributed by atoms with Crippen LogP contribution in [0.1, 0.15) is 23.2 Å². The van der Waals surface area contributed by atoms with Crippen molar-refractivity contribution < 1.29 is 9.53 Å². The van der Waals surface area contributed by atoms with Gasteiger partial charge in [0.05, 0.1) is 16.7 Å². The van der Waals surface area contributed by atoms with Crippen molar-refractivity contribution in [3.63, 3.8) is 0 Å². The maximum Gasteiger partial charge on any atom is 0.255 e. The molecule has 1 aliphatic rings. The van der Waals surface area contributed by atoms with Gasteiger partial charge in [0, 0.05) is 26.2 Å². The predicted octanol–water partition coefficient (Wildman–Crippen LogP) is 2.34. The summed E-state index contributed by atoms with van der Waals surface area (Å²) in [5.74, 6) is -0.0457. The van der Waals surface area contributed by atoms with Gasteiger partial charge in [0.2, 0.25) is 0 Å². The van der Waals surface area contributed by atoms with Gasteiger partial charge in [-0.15, -0.1) is 12.4 Å². The highest BCUT2D eigenvalue weighted by molar-refractivity contribution is 6.33. The van der Waals surface area contributed by atoms with E-state index in [4.69, 9.17) is 22.1 Å². The van der Waals surface area contributed by atoms with Crippen LogP contribution in [-0.4, -0.2) is 43.2 Å². The van der Waals surface area contributed by atoms with Crippen molar-refractivity contribution in [2.75, 3.05) is 20.2 Å². The van der Waals surface area contributed by atoms with Gasteiger partial charge in [-0.2, -0.15) is 0 Å². The van der Waals surface area contributed by atoms with E-state index in [1.807, 2.05) is 17.0 Å². The van der Waals surface area contributed by atoms with Gasteiger partial charge >= 0.3 is 0 Å². The fourth-order valence-corrected chi connectivity index (χ4v) is 2.73. The molecule has 0 spiro atoms. The smallest absolute Gasteiger partial charge is 0.255 e. The summed E-state index contributed by atoms with van der Waals surface area (Å²) in [6.07, 6.45) is 1.80. The number of carbonyl (C=O) groups excluding carboxylic acids is 1. The topological polar surface area (TPSA) is 55.6 Å². The molecule has 1 aromatic carbocycles. The number of likely N-dealkylation sites (tertiary alicyclic amines) is 1. The van der Waals surface area contributed by atoms with Crippen LogP contribution >= 0.6 is 24.0 Å². The Bertz CT molecular complexity index is 457. The molecule has 2 unspecified atom stereocenters. The van der Waals surface area contributed by atoms with Crippen LogP contribution in [0.15, 0.2) is 24.3 Å². The fourth-order valence-electron chi connectivity index (χ4n) is 2.51. The number of ether oxygens (including phenoxy) is 1. The first-order chi connectivity index (χ1) is 9.17. The predicted molar refractivity (Wildman–Crippen MR) is 82.6 cm³/mol. The number of piperidine rings is 1. The molecule has 20 heavy (non-hydrogen) atoms. The number of methoxy groups -OCH3 is 1. The number of halogens is 2. The molecule has 0 aliphatic carbocycles. The second kappa shape index (κ2) is 7.84. The number of benzene rings is 1. The molecule has 2 rings (SSSR count). The maximum atomic E-state index is 12.5. The Labute approximate surface area is 130 Å². The molecule has 1 aliphatic heterocycles. The molecule has 2 atom stereocenters. The average Bonchev–Trinajstić information content (AvgIpc) is 2.46. The third kappa shape index (κ3) is 3.64. The van der Waals surface area contributed by atoms with Crippen molar-refractivity contribution in [3.8, 4) is 0 Å². The Hall–Kier alpha value is -0.810. The highest BCUT2D eigenvalue weighted by Crippen LogP contribution is 2.24. The first-order valence-electron chi connectivity index (χ1n) is 6.45. The molecule has 0 bridgehead atoms. The van der Waals surface area contributed by atoms with Crippen LogP contribution in [0, 0.1) is 0 Å². The quantitative estimate of drug-likeness (QED) is 0.930. The second-order valence-corrected chi connectivity index (χ2v) is 5.16. The Morgan fingerprint density at radius 2 is 2.20 bits per heavy atom. The lowest BCUT2D eigenvalue weighted by Crippen LogP contribution is -2.51. The number of nitrogens with zero attached hydrogens (tertiary/aromatic N) is 1. The molecule has 1 amide bonds. The summed E-state index contributed by atoms with van der Waals surface area (Å²) in [6.45, 7) is 1.10. The summed E-state index contributed by atoms with van der Waals surface area (Å²) in [5, 5.41) is 0.483. The van der Waals surface area contributed by atoms with Gasteiger partial charge in [-0.05, 0) is 25.0 Å². The summed E-state index contributed by atoms with van der Waals surface area (Å²) >= 11 is 6.08. The Balaban J connectivity index is 0.00000200. The molecule has 1 heterocycles. The van der Waals surface area contributed by atoms with E-state index in [1.54, 1.807) is 19.2 Å². The normalized spacial score (nSPS) is 22.2. The van der Waals surface area contributed by atoms with Crippen molar-refractivity contribution in [2.45, 2.75) is 25.0 Å². The molecule has 1 aromatic rings. The number of hydrogen-bond donors (Lipinski definition) is 1. The van der Waals surface area contributed by atoms with E-state index in [0.29, 0.717) is 23.7 Å². The van der Waals surface area contributed by atoms with E-state index >= 15 is 0 Å². The molecule has 112 valence electrons. The molecule has 0 saturated carbocycles. The lowest BCUT2D eigenvalue weighted by molar-refractivity contribution is 0.0139. The molecule has 0 radical (unpaired) electrons. The van der Waals surface area contributed by atoms with Gasteiger partial charge in [0.1, 0.15) is 0 Å². The molecule has 1 fully saturated rings. The molecule has 4 nitrogen and oxygen atoms in total. The van der Waals surface area contributed by atoms with Crippen LogP contribution in [0.3, 0.4) is 0 Å². The summed E-state index contributed by atoms with van der Waals surface area (Å²) in [7, 11) is 1.70. The zero-order valence-electron chi connectivity index (χ0n) is 11.4. The molecule has 6 heteroatoms. The van der Waals surface area contributed by atoms with Gasteiger partial charge < -0.3 is 15.4 Å². The third-order valence-electron chi connectivity index (χ3n) is 3.64. The SMILES string of the molecule is COC1CCN(C(=O)c2ccccc2Cl)C(CN)C1.Cl. The Morgan fingerprint density at radius 3 is 2.80 bits per heavy atom. The third-order valence-corrected chi connectivity index (χ3v) is 3.97. The van der Waals surface area contributed by atoms with E-state index in [-0.39, 0.29) is 30.5 Å². The Kier molecular flexibility index (Phi) is 6.76. The lowest BCUT2D eigenvalue weighted by Gasteiger charge is -2.38. The number of carbonyl (C=O) groups is 1. The van der Waals surface area contributed by atoms with Crippen molar-refractivity contribution in [2.24, 2.45) is 5.73 Å². The summed E-state index contributed by atoms with van der Waals surface area (Å²) in [4.78, 5) is 14.3. The van der Waals surface area contributed by atoms with Crippen molar-refractivity contribution in [1.29, 1.82) is 0 Å². The minimum Gasteiger partial charge on any atom is -0.381 e. The van der Waals surface area contributed by atoms with Gasteiger partial charge in [-0.25, -0.2) is 0 Å². The summed E-state index contributed by atoms with van der Waals surface area (Å²) in [6, 6.07) is 7.13. The van der Waals surface area contributed by atoms with Gasteiger partial charge in [-0.3, -0.25) is 4.79 Å². The molecule has 2 N–H and O–H groups in total. The summed E-state index contributed by atoms with van der Waals surface area (Å²) < 4.78 is 5.36. The van der Waals surface area contributed by atoms with Crippen LogP contribution in [0.4, 0.5) is 0 Å². The highest BCUT2D eigenvalue weighted by atomic mass is 35.5. The van der Waals surface area contributed by atoms with E-state index in [1.165, 1.54) is 0 Å². The van der Waals surface area contributed by atoms with Crippen LogP contribution in [0.2, 0.25) is 5.02 Å².